The zero-order valence-electron chi connectivity index (χ0n) is 13.2. The van der Waals surface area contributed by atoms with Crippen molar-refractivity contribution in [3.63, 3.8) is 0 Å². The Labute approximate surface area is 142 Å². The number of fused-ring (bicyclic) bond motifs is 2. The lowest BCUT2D eigenvalue weighted by atomic mass is 10.0. The molecule has 4 rings (SSSR count). The summed E-state index contributed by atoms with van der Waals surface area (Å²) in [5.41, 5.74) is 1.35. The van der Waals surface area contributed by atoms with Gasteiger partial charge in [0, 0.05) is 31.3 Å². The summed E-state index contributed by atoms with van der Waals surface area (Å²) >= 11 is 0. The molecular weight excluding hydrogens is 328 g/mol. The van der Waals surface area contributed by atoms with Crippen molar-refractivity contribution in [2.75, 3.05) is 25.0 Å². The van der Waals surface area contributed by atoms with Crippen molar-refractivity contribution in [3.05, 3.63) is 53.6 Å². The lowest BCUT2D eigenvalue weighted by molar-refractivity contribution is -0.120. The van der Waals surface area contributed by atoms with E-state index in [1.54, 1.807) is 18.2 Å². The number of amides is 2. The Hall–Kier alpha value is -2.80. The van der Waals surface area contributed by atoms with Crippen LogP contribution in [-0.4, -0.2) is 42.4 Å². The fraction of sp³-hybridized carbons (Fsp3) is 0.222. The summed E-state index contributed by atoms with van der Waals surface area (Å²) in [7, 11) is 0. The summed E-state index contributed by atoms with van der Waals surface area (Å²) in [6.07, 6.45) is 0. The van der Waals surface area contributed by atoms with Gasteiger partial charge in [-0.05, 0) is 29.8 Å². The molecule has 0 spiro atoms. The number of nitrogens with zero attached hydrogens (tertiary/aromatic N) is 1. The van der Waals surface area contributed by atoms with Crippen molar-refractivity contribution in [2.45, 2.75) is 6.04 Å². The van der Waals surface area contributed by atoms with E-state index in [4.69, 9.17) is 0 Å². The molecule has 2 amide bonds. The molecule has 1 fully saturated rings. The number of piperazine rings is 1. The lowest BCUT2D eigenvalue weighted by Gasteiger charge is -2.33. The predicted octanol–water partition coefficient (Wildman–Crippen LogP) is 2.00. The summed E-state index contributed by atoms with van der Waals surface area (Å²) in [6, 6.07) is 7.45. The van der Waals surface area contributed by atoms with Crippen molar-refractivity contribution < 1.29 is 18.4 Å². The highest BCUT2D eigenvalue weighted by Crippen LogP contribution is 2.30. The summed E-state index contributed by atoms with van der Waals surface area (Å²) < 4.78 is 27.2. The van der Waals surface area contributed by atoms with Crippen LogP contribution in [0.2, 0.25) is 0 Å². The number of benzene rings is 2. The molecule has 2 aromatic rings. The normalized spacial score (nSPS) is 19.8. The van der Waals surface area contributed by atoms with Gasteiger partial charge in [-0.15, -0.1) is 0 Å². The zero-order chi connectivity index (χ0) is 17.6. The number of anilines is 1. The number of nitrogens with one attached hydrogen (secondary N) is 2. The Balaban J connectivity index is 1.80. The Bertz CT molecular complexity index is 885. The van der Waals surface area contributed by atoms with E-state index in [2.05, 4.69) is 10.6 Å². The molecule has 128 valence electrons. The minimum atomic E-state index is -0.704. The predicted molar refractivity (Wildman–Crippen MR) is 88.1 cm³/mol. The van der Waals surface area contributed by atoms with Gasteiger partial charge in [0.15, 0.2) is 0 Å². The van der Waals surface area contributed by atoms with Crippen molar-refractivity contribution >= 4 is 17.5 Å². The number of halogens is 2. The SMILES string of the molecule is O=C1Nc2ccc(-c3ccc(F)cc3F)cc2C(=O)N2CCNC[C@H]12. The Morgan fingerprint density at radius 1 is 1.04 bits per heavy atom. The van der Waals surface area contributed by atoms with Gasteiger partial charge in [-0.2, -0.15) is 0 Å². The smallest absolute Gasteiger partial charge is 0.256 e. The molecule has 25 heavy (non-hydrogen) atoms. The molecule has 2 aromatic carbocycles. The van der Waals surface area contributed by atoms with E-state index in [9.17, 15) is 18.4 Å². The maximum atomic E-state index is 14.1. The molecule has 0 unspecified atom stereocenters. The molecule has 0 radical (unpaired) electrons. The molecule has 5 nitrogen and oxygen atoms in total. The van der Waals surface area contributed by atoms with E-state index in [1.165, 1.54) is 17.0 Å². The number of carbonyl (C=O) groups is 2. The van der Waals surface area contributed by atoms with Gasteiger partial charge >= 0.3 is 0 Å². The summed E-state index contributed by atoms with van der Waals surface area (Å²) in [5.74, 6) is -1.89. The van der Waals surface area contributed by atoms with E-state index >= 15 is 0 Å². The second-order valence-electron chi connectivity index (χ2n) is 6.09. The van der Waals surface area contributed by atoms with Gasteiger partial charge < -0.3 is 15.5 Å². The van der Waals surface area contributed by atoms with Gasteiger partial charge in [0.2, 0.25) is 5.91 Å². The topological polar surface area (TPSA) is 61.4 Å². The van der Waals surface area contributed by atoms with Gasteiger partial charge in [0.05, 0.1) is 11.3 Å². The fourth-order valence-electron chi connectivity index (χ4n) is 3.27. The minimum Gasteiger partial charge on any atom is -0.324 e. The van der Waals surface area contributed by atoms with Crippen LogP contribution in [0.1, 0.15) is 10.4 Å². The molecule has 2 aliphatic heterocycles. The molecule has 0 bridgehead atoms. The molecule has 0 aromatic heterocycles. The number of hydrogen-bond acceptors (Lipinski definition) is 3. The highest BCUT2D eigenvalue weighted by molar-refractivity contribution is 6.10. The maximum Gasteiger partial charge on any atom is 0.256 e. The number of rotatable bonds is 1. The Kier molecular flexibility index (Phi) is 3.73. The molecule has 1 saturated heterocycles. The van der Waals surface area contributed by atoms with Crippen LogP contribution in [-0.2, 0) is 4.79 Å². The first-order valence-corrected chi connectivity index (χ1v) is 7.96. The highest BCUT2D eigenvalue weighted by atomic mass is 19.1. The van der Waals surface area contributed by atoms with Crippen LogP contribution in [0.3, 0.4) is 0 Å². The van der Waals surface area contributed by atoms with E-state index in [1.807, 2.05) is 0 Å². The van der Waals surface area contributed by atoms with Crippen LogP contribution in [0, 0.1) is 11.6 Å². The van der Waals surface area contributed by atoms with E-state index in [0.717, 1.165) is 6.07 Å². The quantitative estimate of drug-likeness (QED) is 0.833. The number of carbonyl (C=O) groups excluding carboxylic acids is 2. The number of hydrogen-bond donors (Lipinski definition) is 2. The molecule has 7 heteroatoms. The summed E-state index contributed by atoms with van der Waals surface area (Å²) in [4.78, 5) is 26.8. The molecule has 0 aliphatic carbocycles. The molecule has 0 saturated carbocycles. The highest BCUT2D eigenvalue weighted by Gasteiger charge is 2.36. The van der Waals surface area contributed by atoms with Gasteiger partial charge in [-0.25, -0.2) is 8.78 Å². The van der Waals surface area contributed by atoms with Crippen LogP contribution >= 0.6 is 0 Å². The van der Waals surface area contributed by atoms with Crippen molar-refractivity contribution in [2.24, 2.45) is 0 Å². The van der Waals surface area contributed by atoms with Crippen LogP contribution in [0.4, 0.5) is 14.5 Å². The van der Waals surface area contributed by atoms with Gasteiger partial charge in [0.1, 0.15) is 17.7 Å². The van der Waals surface area contributed by atoms with E-state index in [-0.39, 0.29) is 17.4 Å². The Morgan fingerprint density at radius 3 is 2.68 bits per heavy atom. The third-order valence-corrected chi connectivity index (χ3v) is 4.56. The van der Waals surface area contributed by atoms with Gasteiger partial charge in [-0.1, -0.05) is 6.07 Å². The monoisotopic (exact) mass is 343 g/mol. The second kappa shape index (κ2) is 5.93. The third kappa shape index (κ3) is 2.66. The maximum absolute atomic E-state index is 14.1. The first-order valence-electron chi connectivity index (χ1n) is 7.96. The minimum absolute atomic E-state index is 0.199. The standard InChI is InChI=1S/C18H15F2N3O2/c19-11-2-3-12(14(20)8-11)10-1-4-15-13(7-10)18(25)23-6-5-21-9-16(23)17(24)22-15/h1-4,7-8,16,21H,5-6,9H2,(H,22,24)/t16-/m1/s1. The summed E-state index contributed by atoms with van der Waals surface area (Å²) in [6.45, 7) is 1.42. The first-order chi connectivity index (χ1) is 12.0. The van der Waals surface area contributed by atoms with Crippen molar-refractivity contribution in [1.29, 1.82) is 0 Å². The third-order valence-electron chi connectivity index (χ3n) is 4.56. The summed E-state index contributed by atoms with van der Waals surface area (Å²) in [5, 5.41) is 5.86. The lowest BCUT2D eigenvalue weighted by Crippen LogP contribution is -2.57. The van der Waals surface area contributed by atoms with Crippen LogP contribution in [0.5, 0.6) is 0 Å². The van der Waals surface area contributed by atoms with E-state index in [0.29, 0.717) is 36.4 Å². The van der Waals surface area contributed by atoms with Crippen molar-refractivity contribution in [3.8, 4) is 11.1 Å². The molecule has 2 N–H and O–H groups in total. The largest absolute Gasteiger partial charge is 0.324 e. The average Bonchev–Trinajstić information content (AvgIpc) is 2.71. The van der Waals surface area contributed by atoms with Crippen LogP contribution in [0.15, 0.2) is 36.4 Å². The van der Waals surface area contributed by atoms with Crippen LogP contribution < -0.4 is 10.6 Å². The molecule has 1 atom stereocenters. The van der Waals surface area contributed by atoms with Gasteiger partial charge in [0.25, 0.3) is 5.91 Å². The van der Waals surface area contributed by atoms with Crippen LogP contribution in [0.25, 0.3) is 11.1 Å². The average molecular weight is 343 g/mol. The second-order valence-corrected chi connectivity index (χ2v) is 6.09. The van der Waals surface area contributed by atoms with Gasteiger partial charge in [-0.3, -0.25) is 9.59 Å². The zero-order valence-corrected chi connectivity index (χ0v) is 13.2. The van der Waals surface area contributed by atoms with Crippen molar-refractivity contribution in [1.82, 2.24) is 10.2 Å². The van der Waals surface area contributed by atoms with E-state index < -0.39 is 17.7 Å². The molecule has 2 aliphatic rings. The molecule has 2 heterocycles. The first kappa shape index (κ1) is 15.7. The molecular formula is C18H15F2N3O2. The Morgan fingerprint density at radius 2 is 1.88 bits per heavy atom. The fourth-order valence-corrected chi connectivity index (χ4v) is 3.27.